The lowest BCUT2D eigenvalue weighted by Crippen LogP contribution is -2.54. The summed E-state index contributed by atoms with van der Waals surface area (Å²) in [6.07, 6.45) is -0.200. The first-order valence-electron chi connectivity index (χ1n) is 6.67. The van der Waals surface area contributed by atoms with Gasteiger partial charge in [0.05, 0.1) is 6.10 Å². The SMILES string of the molecule is CC(C)NC(C)(CC(C)Oc1ccccc1F)C(=O)O. The van der Waals surface area contributed by atoms with Gasteiger partial charge < -0.3 is 9.84 Å². The average Bonchev–Trinajstić information content (AvgIpc) is 2.30. The van der Waals surface area contributed by atoms with E-state index in [0.717, 1.165) is 0 Å². The molecule has 2 N–H and O–H groups in total. The lowest BCUT2D eigenvalue weighted by atomic mass is 9.94. The molecule has 1 aromatic rings. The molecule has 0 aliphatic rings. The van der Waals surface area contributed by atoms with E-state index < -0.39 is 23.4 Å². The van der Waals surface area contributed by atoms with Gasteiger partial charge in [-0.05, 0) is 39.8 Å². The number of carboxylic acid groups (broad SMARTS) is 1. The minimum absolute atomic E-state index is 0.0248. The van der Waals surface area contributed by atoms with Crippen LogP contribution in [-0.4, -0.2) is 28.8 Å². The number of carboxylic acids is 1. The Labute approximate surface area is 119 Å². The van der Waals surface area contributed by atoms with Crippen molar-refractivity contribution in [1.29, 1.82) is 0 Å². The molecule has 1 rings (SSSR count). The van der Waals surface area contributed by atoms with Crippen LogP contribution >= 0.6 is 0 Å². The zero-order valence-corrected chi connectivity index (χ0v) is 12.3. The third kappa shape index (κ3) is 4.49. The molecule has 4 nitrogen and oxygen atoms in total. The highest BCUT2D eigenvalue weighted by Crippen LogP contribution is 2.21. The number of aliphatic carboxylic acids is 1. The Kier molecular flexibility index (Phi) is 5.51. The van der Waals surface area contributed by atoms with Gasteiger partial charge in [0, 0.05) is 12.5 Å². The van der Waals surface area contributed by atoms with E-state index in [1.165, 1.54) is 12.1 Å². The molecule has 0 saturated carbocycles. The molecule has 2 atom stereocenters. The predicted molar refractivity (Wildman–Crippen MR) is 75.4 cm³/mol. The van der Waals surface area contributed by atoms with E-state index in [4.69, 9.17) is 4.74 Å². The molecule has 0 aromatic heterocycles. The van der Waals surface area contributed by atoms with Crippen LogP contribution < -0.4 is 10.1 Å². The van der Waals surface area contributed by atoms with Gasteiger partial charge in [-0.15, -0.1) is 0 Å². The molecular weight excluding hydrogens is 261 g/mol. The summed E-state index contributed by atoms with van der Waals surface area (Å²) < 4.78 is 19.0. The van der Waals surface area contributed by atoms with Crippen LogP contribution in [0.2, 0.25) is 0 Å². The van der Waals surface area contributed by atoms with Crippen LogP contribution in [0, 0.1) is 5.82 Å². The number of ether oxygens (including phenoxy) is 1. The summed E-state index contributed by atoms with van der Waals surface area (Å²) in [7, 11) is 0. The summed E-state index contributed by atoms with van der Waals surface area (Å²) in [6.45, 7) is 7.10. The van der Waals surface area contributed by atoms with Crippen molar-refractivity contribution in [3.05, 3.63) is 30.1 Å². The van der Waals surface area contributed by atoms with Gasteiger partial charge in [0.1, 0.15) is 5.54 Å². The van der Waals surface area contributed by atoms with Crippen LogP contribution in [0.4, 0.5) is 4.39 Å². The van der Waals surface area contributed by atoms with E-state index >= 15 is 0 Å². The molecule has 5 heteroatoms. The lowest BCUT2D eigenvalue weighted by molar-refractivity contribution is -0.145. The normalized spacial score (nSPS) is 15.7. The second-order valence-corrected chi connectivity index (χ2v) is 5.50. The zero-order chi connectivity index (χ0) is 15.3. The van der Waals surface area contributed by atoms with E-state index in [9.17, 15) is 14.3 Å². The summed E-state index contributed by atoms with van der Waals surface area (Å²) in [5.74, 6) is -1.26. The standard InChI is InChI=1S/C15H22FNO3/c1-10(2)17-15(4,14(18)19)9-11(3)20-13-8-6-5-7-12(13)16/h5-8,10-11,17H,9H2,1-4H3,(H,18,19). The van der Waals surface area contributed by atoms with E-state index in [1.54, 1.807) is 26.0 Å². The fraction of sp³-hybridized carbons (Fsp3) is 0.533. The quantitative estimate of drug-likeness (QED) is 0.808. The summed E-state index contributed by atoms with van der Waals surface area (Å²) >= 11 is 0. The first-order chi connectivity index (χ1) is 9.24. The highest BCUT2D eigenvalue weighted by Gasteiger charge is 2.35. The molecule has 0 amide bonds. The second kappa shape index (κ2) is 6.70. The van der Waals surface area contributed by atoms with Gasteiger partial charge in [0.25, 0.3) is 0 Å². The highest BCUT2D eigenvalue weighted by molar-refractivity contribution is 5.78. The van der Waals surface area contributed by atoms with Gasteiger partial charge in [-0.25, -0.2) is 4.39 Å². The van der Waals surface area contributed by atoms with Crippen LogP contribution in [0.5, 0.6) is 5.75 Å². The van der Waals surface area contributed by atoms with Crippen LogP contribution in [0.25, 0.3) is 0 Å². The predicted octanol–water partition coefficient (Wildman–Crippen LogP) is 2.82. The van der Waals surface area contributed by atoms with Crippen molar-refractivity contribution in [1.82, 2.24) is 5.32 Å². The molecule has 0 aliphatic heterocycles. The van der Waals surface area contributed by atoms with Crippen molar-refractivity contribution in [2.75, 3.05) is 0 Å². The number of rotatable bonds is 7. The smallest absolute Gasteiger partial charge is 0.323 e. The van der Waals surface area contributed by atoms with Crippen molar-refractivity contribution in [2.24, 2.45) is 0 Å². The van der Waals surface area contributed by atoms with Crippen LogP contribution in [0.3, 0.4) is 0 Å². The van der Waals surface area contributed by atoms with Gasteiger partial charge in [-0.2, -0.15) is 0 Å². The summed E-state index contributed by atoms with van der Waals surface area (Å²) in [5, 5.41) is 12.4. The van der Waals surface area contributed by atoms with Gasteiger partial charge in [0.15, 0.2) is 11.6 Å². The maximum Gasteiger partial charge on any atom is 0.323 e. The minimum Gasteiger partial charge on any atom is -0.488 e. The number of hydrogen-bond acceptors (Lipinski definition) is 3. The minimum atomic E-state index is -1.11. The lowest BCUT2D eigenvalue weighted by Gasteiger charge is -2.31. The third-order valence-corrected chi connectivity index (χ3v) is 2.94. The second-order valence-electron chi connectivity index (χ2n) is 5.50. The number of nitrogens with one attached hydrogen (secondary N) is 1. The largest absolute Gasteiger partial charge is 0.488 e. The first kappa shape index (κ1) is 16.4. The topological polar surface area (TPSA) is 58.6 Å². The molecule has 2 unspecified atom stereocenters. The Morgan fingerprint density at radius 1 is 1.40 bits per heavy atom. The van der Waals surface area contributed by atoms with Gasteiger partial charge in [-0.3, -0.25) is 10.1 Å². The molecule has 1 aromatic carbocycles. The van der Waals surface area contributed by atoms with Crippen molar-refractivity contribution in [3.8, 4) is 5.75 Å². The number of carbonyl (C=O) groups is 1. The van der Waals surface area contributed by atoms with Crippen molar-refractivity contribution in [2.45, 2.75) is 51.8 Å². The number of hydrogen-bond donors (Lipinski definition) is 2. The van der Waals surface area contributed by atoms with Crippen LogP contribution in [0.1, 0.15) is 34.1 Å². The van der Waals surface area contributed by atoms with E-state index in [1.807, 2.05) is 13.8 Å². The molecular formula is C15H22FNO3. The van der Waals surface area contributed by atoms with E-state index in [-0.39, 0.29) is 18.2 Å². The molecule has 0 aliphatic carbocycles. The van der Waals surface area contributed by atoms with Crippen molar-refractivity contribution < 1.29 is 19.0 Å². The molecule has 0 fully saturated rings. The molecule has 20 heavy (non-hydrogen) atoms. The Bertz CT molecular complexity index is 464. The third-order valence-electron chi connectivity index (χ3n) is 2.94. The maximum absolute atomic E-state index is 13.5. The molecule has 0 bridgehead atoms. The Morgan fingerprint density at radius 3 is 2.50 bits per heavy atom. The number of para-hydroxylation sites is 1. The Balaban J connectivity index is 2.74. The number of halogens is 1. The fourth-order valence-electron chi connectivity index (χ4n) is 2.22. The summed E-state index contributed by atoms with van der Waals surface area (Å²) in [4.78, 5) is 11.4. The van der Waals surface area contributed by atoms with Gasteiger partial charge >= 0.3 is 5.97 Å². The summed E-state index contributed by atoms with van der Waals surface area (Å²) in [5.41, 5.74) is -1.11. The summed E-state index contributed by atoms with van der Waals surface area (Å²) in [6, 6.07) is 6.12. The molecule has 0 saturated heterocycles. The Hall–Kier alpha value is -1.62. The zero-order valence-electron chi connectivity index (χ0n) is 12.3. The Morgan fingerprint density at radius 2 is 2.00 bits per heavy atom. The molecule has 0 spiro atoms. The maximum atomic E-state index is 13.5. The van der Waals surface area contributed by atoms with Gasteiger partial charge in [-0.1, -0.05) is 12.1 Å². The number of benzene rings is 1. The molecule has 0 radical (unpaired) electrons. The van der Waals surface area contributed by atoms with E-state index in [0.29, 0.717) is 0 Å². The van der Waals surface area contributed by atoms with Crippen molar-refractivity contribution >= 4 is 5.97 Å². The van der Waals surface area contributed by atoms with Crippen molar-refractivity contribution in [3.63, 3.8) is 0 Å². The fourth-order valence-corrected chi connectivity index (χ4v) is 2.22. The van der Waals surface area contributed by atoms with Crippen LogP contribution in [-0.2, 0) is 4.79 Å². The monoisotopic (exact) mass is 283 g/mol. The highest BCUT2D eigenvalue weighted by atomic mass is 19.1. The average molecular weight is 283 g/mol. The van der Waals surface area contributed by atoms with Gasteiger partial charge in [0.2, 0.25) is 0 Å². The van der Waals surface area contributed by atoms with E-state index in [2.05, 4.69) is 5.32 Å². The molecule has 112 valence electrons. The first-order valence-corrected chi connectivity index (χ1v) is 6.67. The van der Waals surface area contributed by atoms with Crippen LogP contribution in [0.15, 0.2) is 24.3 Å². The molecule has 0 heterocycles.